The molecule has 0 unspecified atom stereocenters. The summed E-state index contributed by atoms with van der Waals surface area (Å²) in [6.07, 6.45) is -0.256. The number of nitrogens with one attached hydrogen (secondary N) is 1. The van der Waals surface area contributed by atoms with E-state index < -0.39 is 22.2 Å². The molecule has 2 amide bonds. The molecule has 0 radical (unpaired) electrons. The monoisotopic (exact) mass is 509 g/mol. The third-order valence-electron chi connectivity index (χ3n) is 5.43. The summed E-state index contributed by atoms with van der Waals surface area (Å²) in [6, 6.07) is 12.2. The molecule has 3 rings (SSSR count). The third kappa shape index (κ3) is 6.40. The van der Waals surface area contributed by atoms with Gasteiger partial charge in [-0.15, -0.1) is 0 Å². The summed E-state index contributed by atoms with van der Waals surface area (Å²) in [5, 5.41) is 0.145. The van der Waals surface area contributed by atoms with Gasteiger partial charge in [0, 0.05) is 26.2 Å². The van der Waals surface area contributed by atoms with Crippen LogP contribution in [0.2, 0.25) is 5.02 Å². The maximum absolute atomic E-state index is 13.4. The van der Waals surface area contributed by atoms with Gasteiger partial charge in [0.2, 0.25) is 15.9 Å². The van der Waals surface area contributed by atoms with Crippen LogP contribution in [-0.4, -0.2) is 76.2 Å². The average Bonchev–Trinajstić information content (AvgIpc) is 2.84. The first-order valence-electron chi connectivity index (χ1n) is 10.9. The summed E-state index contributed by atoms with van der Waals surface area (Å²) in [6.45, 7) is 3.17. The number of hydrogen-bond acceptors (Lipinski definition) is 6. The second kappa shape index (κ2) is 11.5. The SMILES string of the molecule is CCOC(=O)N1CCN(C(=O)[C@H](Cc2ccccc2)NS(=O)(=O)c2ccc(OC)c(Cl)c2)CC1. The minimum atomic E-state index is -4.06. The second-order valence-electron chi connectivity index (χ2n) is 7.67. The van der Waals surface area contributed by atoms with Crippen LogP contribution < -0.4 is 9.46 Å². The highest BCUT2D eigenvalue weighted by molar-refractivity contribution is 7.89. The summed E-state index contributed by atoms with van der Waals surface area (Å²) in [4.78, 5) is 28.4. The van der Waals surface area contributed by atoms with E-state index in [1.54, 1.807) is 11.8 Å². The van der Waals surface area contributed by atoms with Crippen molar-refractivity contribution >= 4 is 33.6 Å². The Balaban J connectivity index is 1.79. The van der Waals surface area contributed by atoms with Crippen molar-refractivity contribution in [3.63, 3.8) is 0 Å². The van der Waals surface area contributed by atoms with Gasteiger partial charge < -0.3 is 19.3 Å². The number of hydrogen-bond donors (Lipinski definition) is 1. The van der Waals surface area contributed by atoms with Crippen LogP contribution in [0.15, 0.2) is 53.4 Å². The Morgan fingerprint density at radius 1 is 1.06 bits per heavy atom. The van der Waals surface area contributed by atoms with Crippen LogP contribution in [0, 0.1) is 0 Å². The highest BCUT2D eigenvalue weighted by Crippen LogP contribution is 2.27. The van der Waals surface area contributed by atoms with Crippen molar-refractivity contribution in [2.24, 2.45) is 0 Å². The van der Waals surface area contributed by atoms with Crippen molar-refractivity contribution in [3.8, 4) is 5.75 Å². The molecular formula is C23H28ClN3O6S. The Labute approximate surface area is 204 Å². The molecule has 0 saturated carbocycles. The van der Waals surface area contributed by atoms with Gasteiger partial charge in [-0.3, -0.25) is 4.79 Å². The number of amides is 2. The topological polar surface area (TPSA) is 105 Å². The molecule has 11 heteroatoms. The molecule has 1 aliphatic rings. The number of ether oxygens (including phenoxy) is 2. The average molecular weight is 510 g/mol. The molecule has 0 aliphatic carbocycles. The van der Waals surface area contributed by atoms with Gasteiger partial charge in [0.05, 0.1) is 23.6 Å². The van der Waals surface area contributed by atoms with Crippen LogP contribution in [0.25, 0.3) is 0 Å². The standard InChI is InChI=1S/C23H28ClN3O6S/c1-3-33-23(29)27-13-11-26(12-14-27)22(28)20(15-17-7-5-4-6-8-17)25-34(30,31)18-9-10-21(32-2)19(24)16-18/h4-10,16,20,25H,3,11-15H2,1-2H3/t20-/m0/s1. The fraction of sp³-hybridized carbons (Fsp3) is 0.391. The Kier molecular flexibility index (Phi) is 8.76. The lowest BCUT2D eigenvalue weighted by Gasteiger charge is -2.36. The zero-order valence-corrected chi connectivity index (χ0v) is 20.6. The summed E-state index contributed by atoms with van der Waals surface area (Å²) < 4.78 is 38.9. The van der Waals surface area contributed by atoms with Gasteiger partial charge in [-0.25, -0.2) is 13.2 Å². The summed E-state index contributed by atoms with van der Waals surface area (Å²) in [5.41, 5.74) is 0.807. The highest BCUT2D eigenvalue weighted by atomic mass is 35.5. The molecule has 0 spiro atoms. The fourth-order valence-electron chi connectivity index (χ4n) is 3.64. The van der Waals surface area contributed by atoms with E-state index in [9.17, 15) is 18.0 Å². The van der Waals surface area contributed by atoms with Crippen LogP contribution in [0.4, 0.5) is 4.79 Å². The molecule has 34 heavy (non-hydrogen) atoms. The third-order valence-corrected chi connectivity index (χ3v) is 7.19. The van der Waals surface area contributed by atoms with E-state index in [4.69, 9.17) is 21.1 Å². The number of piperazine rings is 1. The first kappa shape index (κ1) is 25.8. The van der Waals surface area contributed by atoms with Crippen molar-refractivity contribution in [1.82, 2.24) is 14.5 Å². The van der Waals surface area contributed by atoms with Gasteiger partial charge in [0.15, 0.2) is 0 Å². The maximum atomic E-state index is 13.4. The molecule has 0 aromatic heterocycles. The van der Waals surface area contributed by atoms with E-state index in [0.29, 0.717) is 18.8 Å². The minimum Gasteiger partial charge on any atom is -0.495 e. The number of methoxy groups -OCH3 is 1. The zero-order chi connectivity index (χ0) is 24.7. The molecule has 2 aromatic carbocycles. The molecule has 0 bridgehead atoms. The molecule has 1 atom stereocenters. The predicted molar refractivity (Wildman–Crippen MR) is 127 cm³/mol. The summed E-state index contributed by atoms with van der Waals surface area (Å²) in [5.74, 6) is -0.0208. The molecule has 1 fully saturated rings. The van der Waals surface area contributed by atoms with E-state index in [0.717, 1.165) is 5.56 Å². The van der Waals surface area contributed by atoms with Crippen LogP contribution in [0.3, 0.4) is 0 Å². The van der Waals surface area contributed by atoms with Gasteiger partial charge >= 0.3 is 6.09 Å². The number of rotatable bonds is 8. The van der Waals surface area contributed by atoms with E-state index >= 15 is 0 Å². The van der Waals surface area contributed by atoms with Gasteiger partial charge in [0.1, 0.15) is 11.8 Å². The van der Waals surface area contributed by atoms with Crippen molar-refractivity contribution in [3.05, 3.63) is 59.1 Å². The molecule has 1 saturated heterocycles. The lowest BCUT2D eigenvalue weighted by Crippen LogP contribution is -2.56. The Hall–Kier alpha value is -2.82. The molecule has 1 N–H and O–H groups in total. The van der Waals surface area contributed by atoms with Crippen molar-refractivity contribution in [1.29, 1.82) is 0 Å². The summed E-state index contributed by atoms with van der Waals surface area (Å²) in [7, 11) is -2.63. The van der Waals surface area contributed by atoms with Gasteiger partial charge in [-0.1, -0.05) is 41.9 Å². The fourth-order valence-corrected chi connectivity index (χ4v) is 5.18. The minimum absolute atomic E-state index is 0.0729. The Morgan fingerprint density at radius 2 is 1.71 bits per heavy atom. The maximum Gasteiger partial charge on any atom is 0.409 e. The van der Waals surface area contributed by atoms with Crippen LogP contribution in [-0.2, 0) is 26.0 Å². The summed E-state index contributed by atoms with van der Waals surface area (Å²) >= 11 is 6.11. The normalized spacial score (nSPS) is 15.0. The van der Waals surface area contributed by atoms with Crippen LogP contribution in [0.5, 0.6) is 5.75 Å². The van der Waals surface area contributed by atoms with Gasteiger partial charge in [-0.05, 0) is 37.1 Å². The first-order chi connectivity index (χ1) is 16.2. The van der Waals surface area contributed by atoms with Gasteiger partial charge in [-0.2, -0.15) is 4.72 Å². The van der Waals surface area contributed by atoms with E-state index in [2.05, 4.69) is 4.72 Å². The lowest BCUT2D eigenvalue weighted by molar-refractivity contribution is -0.134. The molecule has 1 heterocycles. The van der Waals surface area contributed by atoms with Crippen LogP contribution in [0.1, 0.15) is 12.5 Å². The highest BCUT2D eigenvalue weighted by Gasteiger charge is 2.32. The molecule has 1 aliphatic heterocycles. The number of sulfonamides is 1. The lowest BCUT2D eigenvalue weighted by atomic mass is 10.1. The van der Waals surface area contributed by atoms with E-state index in [1.165, 1.54) is 30.2 Å². The van der Waals surface area contributed by atoms with Crippen molar-refractivity contribution < 1.29 is 27.5 Å². The largest absolute Gasteiger partial charge is 0.495 e. The van der Waals surface area contributed by atoms with Gasteiger partial charge in [0.25, 0.3) is 0 Å². The number of carbonyl (C=O) groups excluding carboxylic acids is 2. The quantitative estimate of drug-likeness (QED) is 0.586. The predicted octanol–water partition coefficient (Wildman–Crippen LogP) is 2.54. The zero-order valence-electron chi connectivity index (χ0n) is 19.1. The number of halogens is 1. The Bertz CT molecular complexity index is 1100. The molecule has 9 nitrogen and oxygen atoms in total. The number of nitrogens with zero attached hydrogens (tertiary/aromatic N) is 2. The molecule has 184 valence electrons. The smallest absolute Gasteiger partial charge is 0.409 e. The van der Waals surface area contributed by atoms with Crippen molar-refractivity contribution in [2.45, 2.75) is 24.3 Å². The van der Waals surface area contributed by atoms with Crippen LogP contribution >= 0.6 is 11.6 Å². The molecular weight excluding hydrogens is 482 g/mol. The second-order valence-corrected chi connectivity index (χ2v) is 9.79. The van der Waals surface area contributed by atoms with Crippen molar-refractivity contribution in [2.75, 3.05) is 39.9 Å². The first-order valence-corrected chi connectivity index (χ1v) is 12.7. The van der Waals surface area contributed by atoms with E-state index in [1.807, 2.05) is 30.3 Å². The number of benzene rings is 2. The Morgan fingerprint density at radius 3 is 2.29 bits per heavy atom. The molecule has 2 aromatic rings. The number of carbonyl (C=O) groups is 2. The van der Waals surface area contributed by atoms with E-state index in [-0.39, 0.29) is 41.9 Å².